The second-order valence-electron chi connectivity index (χ2n) is 4.48. The highest BCUT2D eigenvalue weighted by Crippen LogP contribution is 2.10. The molecular formula is C16H13BrN4O. The summed E-state index contributed by atoms with van der Waals surface area (Å²) in [5.74, 6) is -0.452. The van der Waals surface area contributed by atoms with Gasteiger partial charge in [0.15, 0.2) is 0 Å². The number of amides is 1. The zero-order valence-electron chi connectivity index (χ0n) is 11.6. The Bertz CT molecular complexity index is 765. The third-order valence-electron chi connectivity index (χ3n) is 2.80. The lowest BCUT2D eigenvalue weighted by Gasteiger charge is -2.05. The van der Waals surface area contributed by atoms with Crippen molar-refractivity contribution in [2.45, 2.75) is 6.54 Å². The van der Waals surface area contributed by atoms with Crippen LogP contribution >= 0.6 is 15.9 Å². The van der Waals surface area contributed by atoms with Crippen LogP contribution in [0.25, 0.3) is 6.08 Å². The number of hydrogen-bond acceptors (Lipinski definition) is 4. The van der Waals surface area contributed by atoms with Gasteiger partial charge in [-0.15, -0.1) is 0 Å². The van der Waals surface area contributed by atoms with Gasteiger partial charge in [-0.05, 0) is 51.8 Å². The third-order valence-corrected chi connectivity index (χ3v) is 3.24. The zero-order chi connectivity index (χ0) is 15.9. The summed E-state index contributed by atoms with van der Waals surface area (Å²) in [6, 6.07) is 14.3. The van der Waals surface area contributed by atoms with Crippen molar-refractivity contribution in [1.29, 1.82) is 5.26 Å². The van der Waals surface area contributed by atoms with E-state index < -0.39 is 5.91 Å². The molecule has 5 nitrogen and oxygen atoms in total. The number of hydrogen-bond donors (Lipinski definition) is 2. The highest BCUT2D eigenvalue weighted by molar-refractivity contribution is 9.10. The average molecular weight is 357 g/mol. The number of nitriles is 1. The van der Waals surface area contributed by atoms with Crippen LogP contribution in [0, 0.1) is 11.3 Å². The molecule has 1 amide bonds. The van der Waals surface area contributed by atoms with Crippen molar-refractivity contribution in [1.82, 2.24) is 10.3 Å². The number of halogens is 1. The van der Waals surface area contributed by atoms with Gasteiger partial charge in [0.2, 0.25) is 0 Å². The van der Waals surface area contributed by atoms with Gasteiger partial charge in [-0.1, -0.05) is 18.2 Å². The van der Waals surface area contributed by atoms with Gasteiger partial charge in [0.05, 0.1) is 5.69 Å². The van der Waals surface area contributed by atoms with Crippen molar-refractivity contribution in [2.75, 3.05) is 5.73 Å². The summed E-state index contributed by atoms with van der Waals surface area (Å²) >= 11 is 3.24. The summed E-state index contributed by atoms with van der Waals surface area (Å²) in [5, 5.41) is 11.8. The second-order valence-corrected chi connectivity index (χ2v) is 5.30. The quantitative estimate of drug-likeness (QED) is 0.381. The Morgan fingerprint density at radius 1 is 1.36 bits per heavy atom. The summed E-state index contributed by atoms with van der Waals surface area (Å²) in [7, 11) is 0. The van der Waals surface area contributed by atoms with Crippen LogP contribution in [-0.4, -0.2) is 10.9 Å². The van der Waals surface area contributed by atoms with Gasteiger partial charge in [0, 0.05) is 12.2 Å². The van der Waals surface area contributed by atoms with Crippen LogP contribution in [-0.2, 0) is 11.3 Å². The van der Waals surface area contributed by atoms with Crippen molar-refractivity contribution in [2.24, 2.45) is 0 Å². The van der Waals surface area contributed by atoms with Gasteiger partial charge in [-0.2, -0.15) is 5.26 Å². The standard InChI is InChI=1S/C16H13BrN4O/c17-15-6-2-5-14(21-15)8-12(9-18)16(22)20-10-11-3-1-4-13(19)7-11/h1-8H,10,19H2,(H,20,22)/b12-8+. The molecule has 0 atom stereocenters. The van der Waals surface area contributed by atoms with E-state index in [1.165, 1.54) is 6.08 Å². The van der Waals surface area contributed by atoms with Crippen molar-refractivity contribution in [3.8, 4) is 6.07 Å². The molecule has 1 heterocycles. The molecule has 0 saturated heterocycles. The van der Waals surface area contributed by atoms with E-state index in [1.807, 2.05) is 18.2 Å². The third kappa shape index (κ3) is 4.43. The van der Waals surface area contributed by atoms with E-state index in [0.29, 0.717) is 22.5 Å². The van der Waals surface area contributed by atoms with Gasteiger partial charge in [0.25, 0.3) is 5.91 Å². The number of nitrogens with one attached hydrogen (secondary N) is 1. The van der Waals surface area contributed by atoms with Crippen molar-refractivity contribution in [3.63, 3.8) is 0 Å². The van der Waals surface area contributed by atoms with Gasteiger partial charge in [-0.25, -0.2) is 4.98 Å². The number of benzene rings is 1. The smallest absolute Gasteiger partial charge is 0.262 e. The van der Waals surface area contributed by atoms with Gasteiger partial charge < -0.3 is 11.1 Å². The summed E-state index contributed by atoms with van der Waals surface area (Å²) in [4.78, 5) is 16.2. The Kier molecular flexibility index (Phi) is 5.28. The molecule has 1 aromatic heterocycles. The minimum absolute atomic E-state index is 0.00509. The molecular weight excluding hydrogens is 344 g/mol. The van der Waals surface area contributed by atoms with Crippen LogP contribution < -0.4 is 11.1 Å². The van der Waals surface area contributed by atoms with Crippen molar-refractivity contribution in [3.05, 3.63) is 63.9 Å². The first-order valence-electron chi connectivity index (χ1n) is 6.45. The first-order valence-corrected chi connectivity index (χ1v) is 7.25. The molecule has 0 unspecified atom stereocenters. The number of carbonyl (C=O) groups excluding carboxylic acids is 1. The average Bonchev–Trinajstić information content (AvgIpc) is 2.50. The molecule has 1 aromatic carbocycles. The van der Waals surface area contributed by atoms with Gasteiger partial charge >= 0.3 is 0 Å². The Morgan fingerprint density at radius 3 is 2.82 bits per heavy atom. The van der Waals surface area contributed by atoms with Crippen LogP contribution in [0.3, 0.4) is 0 Å². The predicted octanol–water partition coefficient (Wildman–Crippen LogP) is 2.65. The molecule has 0 saturated carbocycles. The van der Waals surface area contributed by atoms with Crippen LogP contribution in [0.5, 0.6) is 0 Å². The van der Waals surface area contributed by atoms with E-state index in [2.05, 4.69) is 26.2 Å². The lowest BCUT2D eigenvalue weighted by Crippen LogP contribution is -2.24. The number of carbonyl (C=O) groups is 1. The van der Waals surface area contributed by atoms with Crippen LogP contribution in [0.4, 0.5) is 5.69 Å². The van der Waals surface area contributed by atoms with Crippen LogP contribution in [0.1, 0.15) is 11.3 Å². The number of anilines is 1. The maximum absolute atomic E-state index is 12.0. The Morgan fingerprint density at radius 2 is 2.14 bits per heavy atom. The largest absolute Gasteiger partial charge is 0.399 e. The first kappa shape index (κ1) is 15.7. The lowest BCUT2D eigenvalue weighted by atomic mass is 10.2. The molecule has 0 radical (unpaired) electrons. The van der Waals surface area contributed by atoms with Crippen LogP contribution in [0.15, 0.2) is 52.6 Å². The number of nitrogens with two attached hydrogens (primary N) is 1. The van der Waals surface area contributed by atoms with Gasteiger partial charge in [-0.3, -0.25) is 4.79 Å². The molecule has 0 aliphatic heterocycles. The van der Waals surface area contributed by atoms with E-state index in [9.17, 15) is 4.79 Å². The van der Waals surface area contributed by atoms with Gasteiger partial charge in [0.1, 0.15) is 16.2 Å². The summed E-state index contributed by atoms with van der Waals surface area (Å²) in [6.45, 7) is 0.300. The molecule has 22 heavy (non-hydrogen) atoms. The molecule has 110 valence electrons. The van der Waals surface area contributed by atoms with Crippen molar-refractivity contribution < 1.29 is 4.79 Å². The topological polar surface area (TPSA) is 91.8 Å². The monoisotopic (exact) mass is 356 g/mol. The maximum atomic E-state index is 12.0. The second kappa shape index (κ2) is 7.38. The Balaban J connectivity index is 2.08. The van der Waals surface area contributed by atoms with Crippen LogP contribution in [0.2, 0.25) is 0 Å². The fraction of sp³-hybridized carbons (Fsp3) is 0.0625. The minimum atomic E-state index is -0.452. The fourth-order valence-corrected chi connectivity index (χ4v) is 2.14. The zero-order valence-corrected chi connectivity index (χ0v) is 13.2. The normalized spacial score (nSPS) is 10.8. The summed E-state index contributed by atoms with van der Waals surface area (Å²) in [5.41, 5.74) is 7.70. The highest BCUT2D eigenvalue weighted by Gasteiger charge is 2.09. The molecule has 0 bridgehead atoms. The molecule has 2 rings (SSSR count). The molecule has 2 aromatic rings. The minimum Gasteiger partial charge on any atom is -0.399 e. The molecule has 0 aliphatic rings. The molecule has 3 N–H and O–H groups in total. The number of nitrogen functional groups attached to an aromatic ring is 1. The predicted molar refractivity (Wildman–Crippen MR) is 88.2 cm³/mol. The number of nitrogens with zero attached hydrogens (tertiary/aromatic N) is 2. The fourth-order valence-electron chi connectivity index (χ4n) is 1.78. The first-order chi connectivity index (χ1) is 10.6. The summed E-state index contributed by atoms with van der Waals surface area (Å²) in [6.07, 6.45) is 1.44. The van der Waals surface area contributed by atoms with E-state index in [0.717, 1.165) is 5.56 Å². The molecule has 0 aliphatic carbocycles. The molecule has 0 fully saturated rings. The number of pyridine rings is 1. The van der Waals surface area contributed by atoms with E-state index >= 15 is 0 Å². The Labute approximate surface area is 136 Å². The maximum Gasteiger partial charge on any atom is 0.262 e. The van der Waals surface area contributed by atoms with Crippen molar-refractivity contribution >= 4 is 33.6 Å². The van der Waals surface area contributed by atoms with E-state index in [-0.39, 0.29) is 5.57 Å². The number of rotatable bonds is 4. The lowest BCUT2D eigenvalue weighted by molar-refractivity contribution is -0.117. The van der Waals surface area contributed by atoms with E-state index in [1.54, 1.807) is 30.3 Å². The van der Waals surface area contributed by atoms with E-state index in [4.69, 9.17) is 11.0 Å². The SMILES string of the molecule is N#C/C(=C\c1cccc(Br)n1)C(=O)NCc1cccc(N)c1. The Hall–Kier alpha value is -2.65. The molecule has 0 spiro atoms. The number of aromatic nitrogens is 1. The highest BCUT2D eigenvalue weighted by atomic mass is 79.9. The molecule has 6 heteroatoms. The summed E-state index contributed by atoms with van der Waals surface area (Å²) < 4.78 is 0.638.